The first-order valence-electron chi connectivity index (χ1n) is 4.19. The van der Waals surface area contributed by atoms with Gasteiger partial charge >= 0.3 is 0 Å². The number of carbonyl (C=O) groups excluding carboxylic acids is 1. The summed E-state index contributed by atoms with van der Waals surface area (Å²) in [5.41, 5.74) is 1.92. The van der Waals surface area contributed by atoms with Gasteiger partial charge in [0.25, 0.3) is 0 Å². The SMILES string of the molecule is [CH2]Cc1cccc(C(=O)CC)c1. The Labute approximate surface area is 73.4 Å². The van der Waals surface area contributed by atoms with Crippen molar-refractivity contribution in [2.75, 3.05) is 0 Å². The van der Waals surface area contributed by atoms with Crippen molar-refractivity contribution in [3.05, 3.63) is 42.3 Å². The van der Waals surface area contributed by atoms with Crippen molar-refractivity contribution in [1.29, 1.82) is 0 Å². The molecular formula is C11H13O. The number of hydrogen-bond donors (Lipinski definition) is 0. The van der Waals surface area contributed by atoms with E-state index in [0.29, 0.717) is 6.42 Å². The Balaban J connectivity index is 2.93. The van der Waals surface area contributed by atoms with Gasteiger partial charge in [-0.15, -0.1) is 0 Å². The summed E-state index contributed by atoms with van der Waals surface area (Å²) in [7, 11) is 0. The van der Waals surface area contributed by atoms with Gasteiger partial charge in [-0.2, -0.15) is 0 Å². The summed E-state index contributed by atoms with van der Waals surface area (Å²) in [6.07, 6.45) is 1.31. The predicted octanol–water partition coefficient (Wildman–Crippen LogP) is 2.66. The van der Waals surface area contributed by atoms with Crippen LogP contribution in [0.5, 0.6) is 0 Å². The molecule has 0 amide bonds. The second-order valence-electron chi connectivity index (χ2n) is 2.73. The lowest BCUT2D eigenvalue weighted by Gasteiger charge is -2.00. The molecule has 1 rings (SSSR count). The minimum absolute atomic E-state index is 0.199. The van der Waals surface area contributed by atoms with Crippen LogP contribution >= 0.6 is 0 Å². The van der Waals surface area contributed by atoms with Gasteiger partial charge in [0, 0.05) is 12.0 Å². The van der Waals surface area contributed by atoms with E-state index in [-0.39, 0.29) is 5.78 Å². The van der Waals surface area contributed by atoms with Crippen LogP contribution in [-0.4, -0.2) is 5.78 Å². The van der Waals surface area contributed by atoms with Crippen molar-refractivity contribution in [3.63, 3.8) is 0 Å². The Hall–Kier alpha value is -1.11. The second kappa shape index (κ2) is 4.05. The lowest BCUT2D eigenvalue weighted by Crippen LogP contribution is -1.96. The van der Waals surface area contributed by atoms with Crippen LogP contribution in [0, 0.1) is 6.92 Å². The van der Waals surface area contributed by atoms with E-state index in [1.807, 2.05) is 31.2 Å². The maximum absolute atomic E-state index is 11.3. The second-order valence-corrected chi connectivity index (χ2v) is 2.73. The van der Waals surface area contributed by atoms with Gasteiger partial charge in [-0.3, -0.25) is 4.79 Å². The van der Waals surface area contributed by atoms with E-state index in [1.165, 1.54) is 0 Å². The summed E-state index contributed by atoms with van der Waals surface area (Å²) in [4.78, 5) is 11.3. The molecule has 0 unspecified atom stereocenters. The molecule has 0 aliphatic carbocycles. The van der Waals surface area contributed by atoms with Gasteiger partial charge in [0.2, 0.25) is 0 Å². The molecule has 0 spiro atoms. The number of ketones is 1. The molecule has 0 bridgehead atoms. The highest BCUT2D eigenvalue weighted by molar-refractivity contribution is 5.95. The third-order valence-electron chi connectivity index (χ3n) is 1.86. The van der Waals surface area contributed by atoms with Crippen molar-refractivity contribution >= 4 is 5.78 Å². The lowest BCUT2D eigenvalue weighted by atomic mass is 10.0. The highest BCUT2D eigenvalue weighted by Crippen LogP contribution is 2.07. The van der Waals surface area contributed by atoms with Crippen LogP contribution < -0.4 is 0 Å². The minimum atomic E-state index is 0.199. The number of Topliss-reactive ketones (excluding diaryl/α,β-unsaturated/α-hetero) is 1. The van der Waals surface area contributed by atoms with Gasteiger partial charge in [-0.05, 0) is 25.0 Å². The topological polar surface area (TPSA) is 17.1 Å². The molecule has 1 aromatic rings. The smallest absolute Gasteiger partial charge is 0.162 e. The van der Waals surface area contributed by atoms with E-state index in [1.54, 1.807) is 0 Å². The molecule has 1 nitrogen and oxygen atoms in total. The normalized spacial score (nSPS) is 9.83. The molecule has 0 N–H and O–H groups in total. The number of carbonyl (C=O) groups is 1. The molecule has 0 heterocycles. The van der Waals surface area contributed by atoms with E-state index in [9.17, 15) is 4.79 Å². The van der Waals surface area contributed by atoms with Gasteiger partial charge < -0.3 is 0 Å². The Morgan fingerprint density at radius 1 is 1.50 bits per heavy atom. The predicted molar refractivity (Wildman–Crippen MR) is 50.1 cm³/mol. The fourth-order valence-corrected chi connectivity index (χ4v) is 1.10. The average Bonchev–Trinajstić information content (AvgIpc) is 2.17. The standard InChI is InChI=1S/C11H13O/c1-3-9-6-5-7-10(8-9)11(12)4-2/h5-8H,1,3-4H2,2H3. The monoisotopic (exact) mass is 161 g/mol. The van der Waals surface area contributed by atoms with Crippen molar-refractivity contribution in [2.45, 2.75) is 19.8 Å². The summed E-state index contributed by atoms with van der Waals surface area (Å²) in [6, 6.07) is 7.66. The van der Waals surface area contributed by atoms with Crippen molar-refractivity contribution in [3.8, 4) is 0 Å². The zero-order chi connectivity index (χ0) is 8.97. The van der Waals surface area contributed by atoms with E-state index in [0.717, 1.165) is 17.5 Å². The van der Waals surface area contributed by atoms with Crippen molar-refractivity contribution in [2.24, 2.45) is 0 Å². The van der Waals surface area contributed by atoms with E-state index in [4.69, 9.17) is 0 Å². The maximum atomic E-state index is 11.3. The molecule has 0 atom stereocenters. The van der Waals surface area contributed by atoms with Gasteiger partial charge in [-0.1, -0.05) is 25.1 Å². The Morgan fingerprint density at radius 2 is 2.25 bits per heavy atom. The third-order valence-corrected chi connectivity index (χ3v) is 1.86. The molecule has 0 saturated heterocycles. The summed E-state index contributed by atoms with van der Waals surface area (Å²) in [5.74, 6) is 0.199. The first kappa shape index (κ1) is 8.98. The average molecular weight is 161 g/mol. The van der Waals surface area contributed by atoms with Crippen LogP contribution in [0.25, 0.3) is 0 Å². The summed E-state index contributed by atoms with van der Waals surface area (Å²) in [5, 5.41) is 0. The Kier molecular flexibility index (Phi) is 3.03. The summed E-state index contributed by atoms with van der Waals surface area (Å²) < 4.78 is 0. The molecule has 0 aliphatic heterocycles. The van der Waals surface area contributed by atoms with Crippen molar-refractivity contribution < 1.29 is 4.79 Å². The molecule has 1 radical (unpaired) electrons. The zero-order valence-corrected chi connectivity index (χ0v) is 7.34. The van der Waals surface area contributed by atoms with E-state index in [2.05, 4.69) is 6.92 Å². The first-order valence-corrected chi connectivity index (χ1v) is 4.19. The van der Waals surface area contributed by atoms with Crippen LogP contribution in [-0.2, 0) is 6.42 Å². The number of benzene rings is 1. The van der Waals surface area contributed by atoms with Crippen LogP contribution in [0.15, 0.2) is 24.3 Å². The zero-order valence-electron chi connectivity index (χ0n) is 7.34. The van der Waals surface area contributed by atoms with Crippen LogP contribution in [0.1, 0.15) is 29.3 Å². The fraction of sp³-hybridized carbons (Fsp3) is 0.273. The molecule has 63 valence electrons. The van der Waals surface area contributed by atoms with Crippen LogP contribution in [0.4, 0.5) is 0 Å². The van der Waals surface area contributed by atoms with Crippen LogP contribution in [0.2, 0.25) is 0 Å². The summed E-state index contributed by atoms with van der Waals surface area (Å²) in [6.45, 7) is 5.65. The molecule has 1 heteroatoms. The van der Waals surface area contributed by atoms with Crippen LogP contribution in [0.3, 0.4) is 0 Å². The van der Waals surface area contributed by atoms with Gasteiger partial charge in [-0.25, -0.2) is 0 Å². The van der Waals surface area contributed by atoms with Crippen molar-refractivity contribution in [1.82, 2.24) is 0 Å². The fourth-order valence-electron chi connectivity index (χ4n) is 1.10. The molecule has 0 fully saturated rings. The van der Waals surface area contributed by atoms with E-state index < -0.39 is 0 Å². The molecule has 1 aromatic carbocycles. The van der Waals surface area contributed by atoms with Gasteiger partial charge in [0.1, 0.15) is 0 Å². The third kappa shape index (κ3) is 1.94. The minimum Gasteiger partial charge on any atom is -0.294 e. The van der Waals surface area contributed by atoms with Gasteiger partial charge in [0.15, 0.2) is 5.78 Å². The summed E-state index contributed by atoms with van der Waals surface area (Å²) >= 11 is 0. The highest BCUT2D eigenvalue weighted by Gasteiger charge is 2.01. The Bertz CT molecular complexity index is 276. The first-order chi connectivity index (χ1) is 5.77. The molecule has 0 saturated carbocycles. The maximum Gasteiger partial charge on any atom is 0.162 e. The molecule has 0 aliphatic rings. The quantitative estimate of drug-likeness (QED) is 0.623. The van der Waals surface area contributed by atoms with Gasteiger partial charge in [0.05, 0.1) is 0 Å². The number of hydrogen-bond acceptors (Lipinski definition) is 1. The molecular weight excluding hydrogens is 148 g/mol. The number of rotatable bonds is 3. The Morgan fingerprint density at radius 3 is 2.83 bits per heavy atom. The molecule has 0 aromatic heterocycles. The highest BCUT2D eigenvalue weighted by atomic mass is 16.1. The lowest BCUT2D eigenvalue weighted by molar-refractivity contribution is 0.0988. The molecule has 12 heavy (non-hydrogen) atoms. The largest absolute Gasteiger partial charge is 0.294 e. The van der Waals surface area contributed by atoms with E-state index >= 15 is 0 Å².